The van der Waals surface area contributed by atoms with Crippen LogP contribution in [-0.2, 0) is 0 Å². The molecule has 0 aliphatic heterocycles. The van der Waals surface area contributed by atoms with Crippen LogP contribution in [0.25, 0.3) is 0 Å². The van der Waals surface area contributed by atoms with Gasteiger partial charge in [-0.1, -0.05) is 22.0 Å². The molecular weight excluding hydrogens is 304 g/mol. The van der Waals surface area contributed by atoms with Crippen LogP contribution in [0.4, 0.5) is 5.69 Å². The number of nitrogen functional groups attached to an aromatic ring is 1. The van der Waals surface area contributed by atoms with Gasteiger partial charge >= 0.3 is 0 Å². The van der Waals surface area contributed by atoms with E-state index in [1.54, 1.807) is 18.2 Å². The van der Waals surface area contributed by atoms with Gasteiger partial charge in [0.05, 0.1) is 5.56 Å². The number of hydrogen-bond acceptors (Lipinski definition) is 3. The van der Waals surface area contributed by atoms with Gasteiger partial charge in [-0.3, -0.25) is 0 Å². The van der Waals surface area contributed by atoms with E-state index >= 15 is 0 Å². The van der Waals surface area contributed by atoms with Gasteiger partial charge in [-0.25, -0.2) is 0 Å². The lowest BCUT2D eigenvalue weighted by atomic mass is 10.1. The Labute approximate surface area is 120 Å². The molecular formula is C15H13BrN2O. The Morgan fingerprint density at radius 2 is 1.84 bits per heavy atom. The summed E-state index contributed by atoms with van der Waals surface area (Å²) in [6, 6.07) is 11.2. The molecule has 0 unspecified atom stereocenters. The smallest absolute Gasteiger partial charge is 0.146 e. The first-order chi connectivity index (χ1) is 9.01. The third kappa shape index (κ3) is 2.88. The second-order valence-corrected chi connectivity index (χ2v) is 5.24. The van der Waals surface area contributed by atoms with E-state index in [1.807, 2.05) is 26.0 Å². The van der Waals surface area contributed by atoms with Crippen molar-refractivity contribution in [3.05, 3.63) is 51.5 Å². The zero-order valence-corrected chi connectivity index (χ0v) is 12.3. The molecule has 2 aromatic rings. The number of benzene rings is 2. The van der Waals surface area contributed by atoms with Crippen molar-refractivity contribution in [2.24, 2.45) is 0 Å². The molecule has 0 aromatic heterocycles. The highest BCUT2D eigenvalue weighted by molar-refractivity contribution is 9.10. The normalized spacial score (nSPS) is 10.0. The third-order valence-corrected chi connectivity index (χ3v) is 3.34. The molecule has 0 aliphatic carbocycles. The van der Waals surface area contributed by atoms with Gasteiger partial charge in [0.1, 0.15) is 17.6 Å². The van der Waals surface area contributed by atoms with Crippen molar-refractivity contribution in [1.82, 2.24) is 0 Å². The summed E-state index contributed by atoms with van der Waals surface area (Å²) in [4.78, 5) is 0. The molecule has 0 atom stereocenters. The number of nitriles is 1. The summed E-state index contributed by atoms with van der Waals surface area (Å²) in [5.41, 5.74) is 9.05. The van der Waals surface area contributed by atoms with Crippen molar-refractivity contribution in [2.75, 3.05) is 5.73 Å². The van der Waals surface area contributed by atoms with Crippen LogP contribution in [0.3, 0.4) is 0 Å². The average Bonchev–Trinajstić information content (AvgIpc) is 2.36. The molecule has 0 heterocycles. The molecule has 2 aromatic carbocycles. The van der Waals surface area contributed by atoms with E-state index in [0.717, 1.165) is 15.6 Å². The quantitative estimate of drug-likeness (QED) is 0.840. The highest BCUT2D eigenvalue weighted by Crippen LogP contribution is 2.32. The van der Waals surface area contributed by atoms with Crippen LogP contribution in [0.1, 0.15) is 16.7 Å². The Morgan fingerprint density at radius 1 is 1.11 bits per heavy atom. The summed E-state index contributed by atoms with van der Waals surface area (Å²) >= 11 is 3.37. The predicted molar refractivity (Wildman–Crippen MR) is 79.3 cm³/mol. The fourth-order valence-electron chi connectivity index (χ4n) is 1.75. The van der Waals surface area contributed by atoms with Crippen LogP contribution >= 0.6 is 15.9 Å². The van der Waals surface area contributed by atoms with Crippen molar-refractivity contribution >= 4 is 21.6 Å². The first-order valence-corrected chi connectivity index (χ1v) is 6.55. The molecule has 2 N–H and O–H groups in total. The largest absolute Gasteiger partial charge is 0.456 e. The maximum absolute atomic E-state index is 9.09. The van der Waals surface area contributed by atoms with Gasteiger partial charge in [-0.15, -0.1) is 0 Å². The van der Waals surface area contributed by atoms with Crippen LogP contribution in [-0.4, -0.2) is 0 Å². The second kappa shape index (κ2) is 5.33. The zero-order valence-electron chi connectivity index (χ0n) is 10.7. The maximum Gasteiger partial charge on any atom is 0.146 e. The highest BCUT2D eigenvalue weighted by atomic mass is 79.9. The van der Waals surface area contributed by atoms with Gasteiger partial charge in [-0.2, -0.15) is 5.26 Å². The number of aryl methyl sites for hydroxylation is 2. The topological polar surface area (TPSA) is 59.0 Å². The van der Waals surface area contributed by atoms with Gasteiger partial charge in [-0.05, 0) is 43.2 Å². The SMILES string of the molecule is Cc1cc(C)c(Oc2cc(Br)ccc2C#N)cc1N. The molecule has 0 amide bonds. The van der Waals surface area contributed by atoms with E-state index in [0.29, 0.717) is 22.7 Å². The minimum Gasteiger partial charge on any atom is -0.456 e. The summed E-state index contributed by atoms with van der Waals surface area (Å²) in [7, 11) is 0. The summed E-state index contributed by atoms with van der Waals surface area (Å²) in [6.07, 6.45) is 0. The molecule has 0 saturated heterocycles. The molecule has 0 radical (unpaired) electrons. The number of halogens is 1. The van der Waals surface area contributed by atoms with Gasteiger partial charge in [0.2, 0.25) is 0 Å². The molecule has 0 bridgehead atoms. The summed E-state index contributed by atoms with van der Waals surface area (Å²) in [6.45, 7) is 3.90. The lowest BCUT2D eigenvalue weighted by molar-refractivity contribution is 0.477. The van der Waals surface area contributed by atoms with Crippen molar-refractivity contribution in [1.29, 1.82) is 5.26 Å². The van der Waals surface area contributed by atoms with Crippen LogP contribution in [0.5, 0.6) is 11.5 Å². The minimum absolute atomic E-state index is 0.488. The Hall–Kier alpha value is -1.99. The van der Waals surface area contributed by atoms with E-state index in [-0.39, 0.29) is 0 Å². The molecule has 19 heavy (non-hydrogen) atoms. The van der Waals surface area contributed by atoms with E-state index in [1.165, 1.54) is 0 Å². The van der Waals surface area contributed by atoms with Crippen molar-refractivity contribution in [3.8, 4) is 17.6 Å². The molecule has 96 valence electrons. The van der Waals surface area contributed by atoms with Gasteiger partial charge in [0.15, 0.2) is 0 Å². The molecule has 3 nitrogen and oxygen atoms in total. The average molecular weight is 317 g/mol. The number of nitrogens with zero attached hydrogens (tertiary/aromatic N) is 1. The zero-order chi connectivity index (χ0) is 14.0. The summed E-state index contributed by atoms with van der Waals surface area (Å²) < 4.78 is 6.68. The van der Waals surface area contributed by atoms with E-state index in [2.05, 4.69) is 22.0 Å². The number of hydrogen-bond donors (Lipinski definition) is 1. The highest BCUT2D eigenvalue weighted by Gasteiger charge is 2.09. The van der Waals surface area contributed by atoms with Crippen LogP contribution in [0.15, 0.2) is 34.8 Å². The number of nitrogens with two attached hydrogens (primary N) is 1. The van der Waals surface area contributed by atoms with Gasteiger partial charge in [0, 0.05) is 16.2 Å². The maximum atomic E-state index is 9.09. The molecule has 4 heteroatoms. The van der Waals surface area contributed by atoms with E-state index < -0.39 is 0 Å². The first-order valence-electron chi connectivity index (χ1n) is 5.75. The van der Waals surface area contributed by atoms with Crippen molar-refractivity contribution < 1.29 is 4.74 Å². The Kier molecular flexibility index (Phi) is 3.77. The monoisotopic (exact) mass is 316 g/mol. The summed E-state index contributed by atoms with van der Waals surface area (Å²) in [5.74, 6) is 1.18. The Morgan fingerprint density at radius 3 is 2.53 bits per heavy atom. The number of anilines is 1. The van der Waals surface area contributed by atoms with Crippen molar-refractivity contribution in [2.45, 2.75) is 13.8 Å². The first kappa shape index (κ1) is 13.4. The Bertz CT molecular complexity index is 675. The molecule has 0 spiro atoms. The van der Waals surface area contributed by atoms with E-state index in [4.69, 9.17) is 15.7 Å². The molecule has 0 saturated carbocycles. The van der Waals surface area contributed by atoms with Crippen LogP contribution in [0, 0.1) is 25.2 Å². The second-order valence-electron chi connectivity index (χ2n) is 4.33. The number of rotatable bonds is 2. The lowest BCUT2D eigenvalue weighted by Gasteiger charge is -2.12. The van der Waals surface area contributed by atoms with Gasteiger partial charge in [0.25, 0.3) is 0 Å². The predicted octanol–water partition coefficient (Wildman–Crippen LogP) is 4.31. The van der Waals surface area contributed by atoms with Crippen LogP contribution < -0.4 is 10.5 Å². The molecule has 0 aliphatic rings. The van der Waals surface area contributed by atoms with E-state index in [9.17, 15) is 0 Å². The van der Waals surface area contributed by atoms with Gasteiger partial charge < -0.3 is 10.5 Å². The minimum atomic E-state index is 0.488. The Balaban J connectivity index is 2.45. The summed E-state index contributed by atoms with van der Waals surface area (Å²) in [5, 5.41) is 9.09. The van der Waals surface area contributed by atoms with Crippen LogP contribution in [0.2, 0.25) is 0 Å². The fourth-order valence-corrected chi connectivity index (χ4v) is 2.09. The molecule has 0 fully saturated rings. The standard InChI is InChI=1S/C15H13BrN2O/c1-9-5-10(2)14(7-13(9)18)19-15-6-12(16)4-3-11(15)8-17/h3-7H,18H2,1-2H3. The fraction of sp³-hybridized carbons (Fsp3) is 0.133. The molecule has 2 rings (SSSR count). The lowest BCUT2D eigenvalue weighted by Crippen LogP contribution is -1.95. The third-order valence-electron chi connectivity index (χ3n) is 2.85. The van der Waals surface area contributed by atoms with Crippen molar-refractivity contribution in [3.63, 3.8) is 0 Å². The number of ether oxygens (including phenoxy) is 1.